The lowest BCUT2D eigenvalue weighted by Crippen LogP contribution is -2.48. The van der Waals surface area contributed by atoms with Crippen LogP contribution in [-0.4, -0.2) is 40.3 Å². The zero-order valence-electron chi connectivity index (χ0n) is 16.5. The molecule has 156 valence electrons. The van der Waals surface area contributed by atoms with Gasteiger partial charge in [0, 0.05) is 23.1 Å². The molecule has 4 atom stereocenters. The summed E-state index contributed by atoms with van der Waals surface area (Å²) < 4.78 is 11.8. The van der Waals surface area contributed by atoms with Crippen molar-refractivity contribution < 1.29 is 19.4 Å². The lowest BCUT2D eigenvalue weighted by Gasteiger charge is -2.39. The fourth-order valence-corrected chi connectivity index (χ4v) is 3.65. The molecule has 0 amide bonds. The number of aliphatic carboxylic acids is 1. The van der Waals surface area contributed by atoms with E-state index >= 15 is 0 Å². The molecule has 2 heterocycles. The number of unbranched alkanes of at least 4 members (excludes halogenated alkanes) is 1. The highest BCUT2D eigenvalue weighted by Crippen LogP contribution is 2.33. The van der Waals surface area contributed by atoms with Crippen molar-refractivity contribution in [3.05, 3.63) is 48.3 Å². The molecule has 1 fully saturated rings. The third-order valence-corrected chi connectivity index (χ3v) is 5.13. The molecule has 0 bridgehead atoms. The molecule has 0 saturated carbocycles. The van der Waals surface area contributed by atoms with Crippen molar-refractivity contribution in [2.75, 3.05) is 6.61 Å². The van der Waals surface area contributed by atoms with Crippen LogP contribution in [0.4, 0.5) is 0 Å². The first kappa shape index (κ1) is 21.3. The third-order valence-electron chi connectivity index (χ3n) is 5.13. The second-order valence-corrected chi connectivity index (χ2v) is 7.22. The van der Waals surface area contributed by atoms with Gasteiger partial charge in [0.2, 0.25) is 0 Å². The Kier molecular flexibility index (Phi) is 7.65. The van der Waals surface area contributed by atoms with Crippen LogP contribution in [0.2, 0.25) is 0 Å². The highest BCUT2D eigenvalue weighted by molar-refractivity contribution is 5.83. The number of hydrazine groups is 1. The molecule has 0 radical (unpaired) electrons. The minimum atomic E-state index is -0.769. The standard InChI is InChI=1S/C21H28N4O4/c1-14-28-13-16(9-4-2-3-5-11-18(26)27)21(29-14)20(24-22)19-17-10-7-6-8-15(17)12-23-25-19/h2,4,6-8,10,12,14,16,20-21,24H,3,5,9,11,13,22H2,1H3,(H,26,27)/b4-2-/t14-,16+,20?,21-/m1/s1. The van der Waals surface area contributed by atoms with E-state index in [-0.39, 0.29) is 30.8 Å². The number of aromatic nitrogens is 2. The van der Waals surface area contributed by atoms with Gasteiger partial charge in [-0.15, -0.1) is 0 Å². The molecule has 29 heavy (non-hydrogen) atoms. The number of carboxylic acids is 1. The van der Waals surface area contributed by atoms with Crippen LogP contribution in [-0.2, 0) is 14.3 Å². The van der Waals surface area contributed by atoms with Gasteiger partial charge < -0.3 is 14.6 Å². The van der Waals surface area contributed by atoms with Crippen molar-refractivity contribution in [1.82, 2.24) is 15.6 Å². The Morgan fingerprint density at radius 1 is 1.41 bits per heavy atom. The number of ether oxygens (including phenoxy) is 2. The molecule has 1 unspecified atom stereocenters. The van der Waals surface area contributed by atoms with Gasteiger partial charge in [-0.1, -0.05) is 36.4 Å². The molecular formula is C21H28N4O4. The summed E-state index contributed by atoms with van der Waals surface area (Å²) in [4.78, 5) is 10.6. The van der Waals surface area contributed by atoms with Crippen LogP contribution in [0.5, 0.6) is 0 Å². The first-order valence-corrected chi connectivity index (χ1v) is 9.90. The average molecular weight is 400 g/mol. The number of nitrogens with zero attached hydrogens (tertiary/aromatic N) is 2. The summed E-state index contributed by atoms with van der Waals surface area (Å²) in [6, 6.07) is 7.58. The molecule has 1 saturated heterocycles. The van der Waals surface area contributed by atoms with Gasteiger partial charge >= 0.3 is 5.97 Å². The number of carbonyl (C=O) groups is 1. The normalized spacial score (nSPS) is 23.4. The van der Waals surface area contributed by atoms with Gasteiger partial charge in [0.05, 0.1) is 30.6 Å². The molecule has 0 aliphatic carbocycles. The molecule has 8 heteroatoms. The fourth-order valence-electron chi connectivity index (χ4n) is 3.65. The first-order chi connectivity index (χ1) is 14.1. The maximum atomic E-state index is 10.6. The van der Waals surface area contributed by atoms with E-state index in [1.807, 2.05) is 37.3 Å². The second-order valence-electron chi connectivity index (χ2n) is 7.22. The van der Waals surface area contributed by atoms with Gasteiger partial charge in [-0.25, -0.2) is 5.43 Å². The highest BCUT2D eigenvalue weighted by atomic mass is 16.7. The predicted molar refractivity (Wildman–Crippen MR) is 109 cm³/mol. The minimum Gasteiger partial charge on any atom is -0.481 e. The van der Waals surface area contributed by atoms with Crippen LogP contribution in [0.3, 0.4) is 0 Å². The van der Waals surface area contributed by atoms with E-state index in [2.05, 4.69) is 21.7 Å². The van der Waals surface area contributed by atoms with Crippen molar-refractivity contribution in [2.45, 2.75) is 51.0 Å². The lowest BCUT2D eigenvalue weighted by molar-refractivity contribution is -0.235. The zero-order chi connectivity index (χ0) is 20.6. The number of carboxylic acid groups (broad SMARTS) is 1. The monoisotopic (exact) mass is 400 g/mol. The molecule has 8 nitrogen and oxygen atoms in total. The minimum absolute atomic E-state index is 0.0729. The van der Waals surface area contributed by atoms with E-state index in [1.165, 1.54) is 0 Å². The van der Waals surface area contributed by atoms with Crippen LogP contribution in [0.15, 0.2) is 42.6 Å². The van der Waals surface area contributed by atoms with Gasteiger partial charge in [-0.05, 0) is 26.2 Å². The number of hydrogen-bond donors (Lipinski definition) is 3. The van der Waals surface area contributed by atoms with Crippen molar-refractivity contribution in [3.63, 3.8) is 0 Å². The van der Waals surface area contributed by atoms with E-state index in [0.717, 1.165) is 29.3 Å². The van der Waals surface area contributed by atoms with Gasteiger partial charge in [-0.2, -0.15) is 10.2 Å². The summed E-state index contributed by atoms with van der Waals surface area (Å²) in [7, 11) is 0. The Morgan fingerprint density at radius 2 is 2.24 bits per heavy atom. The number of allylic oxidation sites excluding steroid dienone is 2. The number of rotatable bonds is 9. The van der Waals surface area contributed by atoms with Crippen LogP contribution in [0.25, 0.3) is 10.8 Å². The molecule has 2 aromatic rings. The molecule has 4 N–H and O–H groups in total. The topological polar surface area (TPSA) is 120 Å². The summed E-state index contributed by atoms with van der Waals surface area (Å²) >= 11 is 0. The molecule has 0 spiro atoms. The highest BCUT2D eigenvalue weighted by Gasteiger charge is 2.37. The van der Waals surface area contributed by atoms with Gasteiger partial charge in [-0.3, -0.25) is 10.6 Å². The SMILES string of the molecule is C[C@@H]1OC[C@H](C/C=C\CCCC(=O)O)[C@H](C(NN)c2nncc3ccccc23)O1. The maximum Gasteiger partial charge on any atom is 0.303 e. The number of nitrogens with one attached hydrogen (secondary N) is 1. The summed E-state index contributed by atoms with van der Waals surface area (Å²) in [5.74, 6) is 5.25. The fraction of sp³-hybridized carbons (Fsp3) is 0.476. The van der Waals surface area contributed by atoms with E-state index < -0.39 is 5.97 Å². The van der Waals surface area contributed by atoms with Crippen molar-refractivity contribution in [1.29, 1.82) is 0 Å². The van der Waals surface area contributed by atoms with E-state index in [4.69, 9.17) is 20.4 Å². The summed E-state index contributed by atoms with van der Waals surface area (Å²) in [6.45, 7) is 2.41. The summed E-state index contributed by atoms with van der Waals surface area (Å²) in [6.07, 6.45) is 7.50. The van der Waals surface area contributed by atoms with E-state index in [1.54, 1.807) is 6.20 Å². The average Bonchev–Trinajstić information content (AvgIpc) is 2.72. The van der Waals surface area contributed by atoms with Gasteiger partial charge in [0.15, 0.2) is 6.29 Å². The van der Waals surface area contributed by atoms with Crippen molar-refractivity contribution in [2.24, 2.45) is 11.8 Å². The van der Waals surface area contributed by atoms with Crippen molar-refractivity contribution in [3.8, 4) is 0 Å². The first-order valence-electron chi connectivity index (χ1n) is 9.90. The Labute approximate surface area is 170 Å². The smallest absolute Gasteiger partial charge is 0.303 e. The second kappa shape index (κ2) is 10.4. The maximum absolute atomic E-state index is 10.6. The molecule has 1 aliphatic heterocycles. The Bertz CT molecular complexity index is 839. The van der Waals surface area contributed by atoms with Crippen LogP contribution >= 0.6 is 0 Å². The van der Waals surface area contributed by atoms with Crippen LogP contribution < -0.4 is 11.3 Å². The Balaban J connectivity index is 1.76. The number of nitrogens with two attached hydrogens (primary N) is 1. The largest absolute Gasteiger partial charge is 0.481 e. The predicted octanol–water partition coefficient (Wildman–Crippen LogP) is 2.71. The van der Waals surface area contributed by atoms with Gasteiger partial charge in [0.25, 0.3) is 0 Å². The molecular weight excluding hydrogens is 372 g/mol. The van der Waals surface area contributed by atoms with Crippen LogP contribution in [0, 0.1) is 5.92 Å². The molecule has 1 aromatic carbocycles. The van der Waals surface area contributed by atoms with Gasteiger partial charge in [0.1, 0.15) is 0 Å². The number of benzene rings is 1. The Hall–Kier alpha value is -2.39. The van der Waals surface area contributed by atoms with Crippen LogP contribution in [0.1, 0.15) is 44.3 Å². The summed E-state index contributed by atoms with van der Waals surface area (Å²) in [5, 5.41) is 19.2. The zero-order valence-corrected chi connectivity index (χ0v) is 16.5. The Morgan fingerprint density at radius 3 is 3.03 bits per heavy atom. The molecule has 1 aromatic heterocycles. The van der Waals surface area contributed by atoms with E-state index in [9.17, 15) is 4.79 Å². The molecule has 1 aliphatic rings. The number of fused-ring (bicyclic) bond motifs is 1. The van der Waals surface area contributed by atoms with E-state index in [0.29, 0.717) is 13.0 Å². The van der Waals surface area contributed by atoms with Crippen molar-refractivity contribution >= 4 is 16.7 Å². The lowest BCUT2D eigenvalue weighted by atomic mass is 9.89. The quantitative estimate of drug-likeness (QED) is 0.254. The summed E-state index contributed by atoms with van der Waals surface area (Å²) in [5.41, 5.74) is 3.63. The number of hydrogen-bond acceptors (Lipinski definition) is 7. The molecule has 3 rings (SSSR count). The third kappa shape index (κ3) is 5.57.